The van der Waals surface area contributed by atoms with Gasteiger partial charge in [0.05, 0.1) is 10.3 Å². The number of carbonyl (C=O) groups excluding carboxylic acids is 1. The number of carbonyl (C=O) groups is 2. The molecule has 3 N–H and O–H groups in total. The molecule has 0 aliphatic carbocycles. The van der Waals surface area contributed by atoms with Gasteiger partial charge >= 0.3 is 5.97 Å². The summed E-state index contributed by atoms with van der Waals surface area (Å²) in [5, 5.41) is 9.16. The molecule has 2 aromatic rings. The molecule has 2 aromatic heterocycles. The first kappa shape index (κ1) is 17.1. The third-order valence-electron chi connectivity index (χ3n) is 3.60. The predicted octanol–water partition coefficient (Wildman–Crippen LogP) is 1.68. The molecule has 23 heavy (non-hydrogen) atoms. The van der Waals surface area contributed by atoms with E-state index in [1.807, 2.05) is 6.92 Å². The maximum absolute atomic E-state index is 12.8. The monoisotopic (exact) mass is 337 g/mol. The fourth-order valence-electron chi connectivity index (χ4n) is 2.53. The SMILES string of the molecule is CCCc1nc2sc(C(N)=O)c(C)c2c(=O)n1CCCC(=O)O. The molecule has 0 aromatic carbocycles. The Bertz CT molecular complexity index is 822. The molecule has 124 valence electrons. The van der Waals surface area contributed by atoms with E-state index in [0.717, 1.165) is 17.8 Å². The fourth-order valence-corrected chi connectivity index (χ4v) is 3.57. The lowest BCUT2D eigenvalue weighted by Gasteiger charge is -2.11. The van der Waals surface area contributed by atoms with Gasteiger partial charge in [0, 0.05) is 19.4 Å². The molecular formula is C15H19N3O4S. The normalized spacial score (nSPS) is 11.0. The number of fused-ring (bicyclic) bond motifs is 1. The van der Waals surface area contributed by atoms with Gasteiger partial charge in [0.15, 0.2) is 0 Å². The van der Waals surface area contributed by atoms with Crippen LogP contribution in [-0.2, 0) is 17.8 Å². The molecule has 0 aliphatic heterocycles. The Balaban J connectivity index is 2.58. The molecule has 0 bridgehead atoms. The summed E-state index contributed by atoms with van der Waals surface area (Å²) in [7, 11) is 0. The number of primary amides is 1. The molecule has 7 nitrogen and oxygen atoms in total. The molecule has 8 heteroatoms. The second-order valence-electron chi connectivity index (χ2n) is 5.33. The third kappa shape index (κ3) is 3.42. The summed E-state index contributed by atoms with van der Waals surface area (Å²) in [6.45, 7) is 3.96. The molecule has 0 unspecified atom stereocenters. The minimum Gasteiger partial charge on any atom is -0.481 e. The average Bonchev–Trinajstić information content (AvgIpc) is 2.79. The lowest BCUT2D eigenvalue weighted by Crippen LogP contribution is -2.26. The van der Waals surface area contributed by atoms with E-state index in [0.29, 0.717) is 45.9 Å². The zero-order valence-corrected chi connectivity index (χ0v) is 13.9. The highest BCUT2D eigenvalue weighted by Gasteiger charge is 2.19. The van der Waals surface area contributed by atoms with Gasteiger partial charge in [0.1, 0.15) is 10.7 Å². The van der Waals surface area contributed by atoms with E-state index in [-0.39, 0.29) is 12.0 Å². The summed E-state index contributed by atoms with van der Waals surface area (Å²) in [6, 6.07) is 0. The van der Waals surface area contributed by atoms with Crippen LogP contribution in [0.5, 0.6) is 0 Å². The zero-order chi connectivity index (χ0) is 17.1. The molecule has 0 spiro atoms. The molecule has 0 saturated carbocycles. The highest BCUT2D eigenvalue weighted by atomic mass is 32.1. The van der Waals surface area contributed by atoms with Gasteiger partial charge in [0.25, 0.3) is 11.5 Å². The van der Waals surface area contributed by atoms with E-state index >= 15 is 0 Å². The number of carboxylic acids is 1. The van der Waals surface area contributed by atoms with Crippen molar-refractivity contribution in [1.29, 1.82) is 0 Å². The van der Waals surface area contributed by atoms with Crippen LogP contribution >= 0.6 is 11.3 Å². The topological polar surface area (TPSA) is 115 Å². The Labute approximate surface area is 136 Å². The van der Waals surface area contributed by atoms with Crippen LogP contribution in [0.15, 0.2) is 4.79 Å². The van der Waals surface area contributed by atoms with Gasteiger partial charge < -0.3 is 10.8 Å². The fraction of sp³-hybridized carbons (Fsp3) is 0.467. The van der Waals surface area contributed by atoms with E-state index in [1.54, 1.807) is 6.92 Å². The van der Waals surface area contributed by atoms with Gasteiger partial charge in [-0.05, 0) is 25.3 Å². The van der Waals surface area contributed by atoms with Gasteiger partial charge in [-0.15, -0.1) is 11.3 Å². The standard InChI is InChI=1S/C15H19N3O4S/c1-3-5-9-17-14-11(8(2)12(23-14)13(16)21)15(22)18(9)7-4-6-10(19)20/h3-7H2,1-2H3,(H2,16,21)(H,19,20). The Morgan fingerprint density at radius 2 is 2.09 bits per heavy atom. The minimum atomic E-state index is -0.896. The largest absolute Gasteiger partial charge is 0.481 e. The summed E-state index contributed by atoms with van der Waals surface area (Å²) in [5.41, 5.74) is 5.66. The van der Waals surface area contributed by atoms with E-state index in [2.05, 4.69) is 4.98 Å². The molecule has 2 heterocycles. The van der Waals surface area contributed by atoms with Crippen molar-refractivity contribution in [2.45, 2.75) is 46.1 Å². The number of aromatic nitrogens is 2. The van der Waals surface area contributed by atoms with Gasteiger partial charge in [-0.1, -0.05) is 6.92 Å². The van der Waals surface area contributed by atoms with Crippen LogP contribution in [0.2, 0.25) is 0 Å². The highest BCUT2D eigenvalue weighted by molar-refractivity contribution is 7.20. The van der Waals surface area contributed by atoms with Crippen molar-refractivity contribution in [2.24, 2.45) is 5.73 Å². The van der Waals surface area contributed by atoms with Crippen LogP contribution in [0.1, 0.15) is 47.2 Å². The van der Waals surface area contributed by atoms with Crippen molar-refractivity contribution in [3.05, 3.63) is 26.6 Å². The van der Waals surface area contributed by atoms with Crippen molar-refractivity contribution >= 4 is 33.4 Å². The number of thiophene rings is 1. The van der Waals surface area contributed by atoms with E-state index in [9.17, 15) is 14.4 Å². The van der Waals surface area contributed by atoms with Crippen molar-refractivity contribution in [2.75, 3.05) is 0 Å². The zero-order valence-electron chi connectivity index (χ0n) is 13.1. The summed E-state index contributed by atoms with van der Waals surface area (Å²) >= 11 is 1.13. The van der Waals surface area contributed by atoms with Crippen molar-refractivity contribution in [1.82, 2.24) is 9.55 Å². The first-order valence-corrected chi connectivity index (χ1v) is 8.22. The number of rotatable bonds is 7. The lowest BCUT2D eigenvalue weighted by atomic mass is 10.2. The number of carboxylic acid groups (broad SMARTS) is 1. The van der Waals surface area contributed by atoms with Gasteiger partial charge in [0.2, 0.25) is 0 Å². The lowest BCUT2D eigenvalue weighted by molar-refractivity contribution is -0.137. The number of aliphatic carboxylic acids is 1. The van der Waals surface area contributed by atoms with E-state index in [4.69, 9.17) is 10.8 Å². The van der Waals surface area contributed by atoms with Crippen molar-refractivity contribution < 1.29 is 14.7 Å². The van der Waals surface area contributed by atoms with Crippen molar-refractivity contribution in [3.8, 4) is 0 Å². The second-order valence-corrected chi connectivity index (χ2v) is 6.33. The second kappa shape index (κ2) is 6.91. The summed E-state index contributed by atoms with van der Waals surface area (Å²) in [4.78, 5) is 40.3. The Kier molecular flexibility index (Phi) is 5.15. The number of aryl methyl sites for hydroxylation is 2. The molecule has 0 radical (unpaired) electrons. The summed E-state index contributed by atoms with van der Waals surface area (Å²) < 4.78 is 1.53. The molecule has 0 saturated heterocycles. The number of hydrogen-bond acceptors (Lipinski definition) is 5. The van der Waals surface area contributed by atoms with Crippen LogP contribution in [0, 0.1) is 6.92 Å². The van der Waals surface area contributed by atoms with Crippen LogP contribution in [-0.4, -0.2) is 26.5 Å². The molecule has 2 rings (SSSR count). The Morgan fingerprint density at radius 1 is 1.39 bits per heavy atom. The predicted molar refractivity (Wildman–Crippen MR) is 88.0 cm³/mol. The molecular weight excluding hydrogens is 318 g/mol. The maximum atomic E-state index is 12.8. The van der Waals surface area contributed by atoms with Gasteiger partial charge in [-0.3, -0.25) is 19.0 Å². The van der Waals surface area contributed by atoms with Crippen LogP contribution in [0.25, 0.3) is 10.2 Å². The maximum Gasteiger partial charge on any atom is 0.303 e. The van der Waals surface area contributed by atoms with Crippen LogP contribution in [0.3, 0.4) is 0 Å². The molecule has 0 aliphatic rings. The summed E-state index contributed by atoms with van der Waals surface area (Å²) in [6.07, 6.45) is 1.77. The number of nitrogens with zero attached hydrogens (tertiary/aromatic N) is 2. The van der Waals surface area contributed by atoms with E-state index in [1.165, 1.54) is 4.57 Å². The van der Waals surface area contributed by atoms with Crippen LogP contribution < -0.4 is 11.3 Å². The van der Waals surface area contributed by atoms with E-state index < -0.39 is 11.9 Å². The number of amides is 1. The first-order chi connectivity index (χ1) is 10.9. The summed E-state index contributed by atoms with van der Waals surface area (Å²) in [5.74, 6) is -0.848. The molecule has 1 amide bonds. The van der Waals surface area contributed by atoms with Crippen LogP contribution in [0.4, 0.5) is 0 Å². The third-order valence-corrected chi connectivity index (χ3v) is 4.80. The van der Waals surface area contributed by atoms with Gasteiger partial charge in [-0.2, -0.15) is 0 Å². The Hall–Kier alpha value is -2.22. The number of nitrogens with two attached hydrogens (primary N) is 1. The van der Waals surface area contributed by atoms with Crippen molar-refractivity contribution in [3.63, 3.8) is 0 Å². The first-order valence-electron chi connectivity index (χ1n) is 7.41. The van der Waals surface area contributed by atoms with Gasteiger partial charge in [-0.25, -0.2) is 4.98 Å². The Morgan fingerprint density at radius 3 is 2.65 bits per heavy atom. The smallest absolute Gasteiger partial charge is 0.303 e. The minimum absolute atomic E-state index is 0.00873. The molecule has 0 fully saturated rings. The number of hydrogen-bond donors (Lipinski definition) is 2. The average molecular weight is 337 g/mol. The quantitative estimate of drug-likeness (QED) is 0.797. The molecule has 0 atom stereocenters. The highest BCUT2D eigenvalue weighted by Crippen LogP contribution is 2.27.